The Hall–Kier alpha value is -0.180. The van der Waals surface area contributed by atoms with Crippen LogP contribution in [0.15, 0.2) is 12.3 Å². The SMILES string of the molecule is ClCCC1(CNc2ncc(Cl)cc2Cl)CC1. The van der Waals surface area contributed by atoms with Crippen molar-refractivity contribution in [2.75, 3.05) is 17.7 Å². The molecule has 1 N–H and O–H groups in total. The summed E-state index contributed by atoms with van der Waals surface area (Å²) in [5.41, 5.74) is 0.367. The maximum Gasteiger partial charge on any atom is 0.144 e. The monoisotopic (exact) mass is 278 g/mol. The van der Waals surface area contributed by atoms with E-state index in [1.807, 2.05) is 0 Å². The van der Waals surface area contributed by atoms with Crippen LogP contribution in [0.3, 0.4) is 0 Å². The minimum atomic E-state index is 0.367. The van der Waals surface area contributed by atoms with E-state index in [1.165, 1.54) is 12.8 Å². The van der Waals surface area contributed by atoms with E-state index in [4.69, 9.17) is 34.8 Å². The highest BCUT2D eigenvalue weighted by Gasteiger charge is 2.41. The summed E-state index contributed by atoms with van der Waals surface area (Å²) < 4.78 is 0. The Morgan fingerprint density at radius 2 is 2.12 bits per heavy atom. The molecule has 1 fully saturated rings. The van der Waals surface area contributed by atoms with E-state index >= 15 is 0 Å². The van der Waals surface area contributed by atoms with Gasteiger partial charge in [0.15, 0.2) is 0 Å². The van der Waals surface area contributed by atoms with Crippen LogP contribution in [0.1, 0.15) is 19.3 Å². The van der Waals surface area contributed by atoms with Gasteiger partial charge in [-0.1, -0.05) is 23.2 Å². The average molecular weight is 280 g/mol. The lowest BCUT2D eigenvalue weighted by Gasteiger charge is -2.15. The molecule has 88 valence electrons. The Morgan fingerprint density at radius 1 is 1.38 bits per heavy atom. The molecule has 0 aromatic carbocycles. The van der Waals surface area contributed by atoms with E-state index in [0.29, 0.717) is 27.2 Å². The summed E-state index contributed by atoms with van der Waals surface area (Å²) in [4.78, 5) is 4.16. The van der Waals surface area contributed by atoms with Gasteiger partial charge in [-0.15, -0.1) is 11.6 Å². The first-order chi connectivity index (χ1) is 7.65. The number of hydrogen-bond acceptors (Lipinski definition) is 2. The second-order valence-corrected chi connectivity index (χ2v) is 5.50. The summed E-state index contributed by atoms with van der Waals surface area (Å²) in [5.74, 6) is 1.41. The molecule has 0 atom stereocenters. The fraction of sp³-hybridized carbons (Fsp3) is 0.545. The Labute approximate surface area is 110 Å². The highest BCUT2D eigenvalue weighted by Crippen LogP contribution is 2.49. The predicted octanol–water partition coefficient (Wildman–Crippen LogP) is 4.21. The van der Waals surface area contributed by atoms with Crippen LogP contribution in [0.4, 0.5) is 5.82 Å². The number of alkyl halides is 1. The lowest BCUT2D eigenvalue weighted by atomic mass is 10.0. The summed E-state index contributed by atoms with van der Waals surface area (Å²) in [6.07, 6.45) is 5.11. The molecule has 0 radical (unpaired) electrons. The predicted molar refractivity (Wildman–Crippen MR) is 69.8 cm³/mol. The fourth-order valence-corrected chi connectivity index (χ4v) is 2.56. The minimum absolute atomic E-state index is 0.367. The third-order valence-corrected chi connectivity index (χ3v) is 3.70. The van der Waals surface area contributed by atoms with Crippen molar-refractivity contribution in [2.24, 2.45) is 5.41 Å². The molecule has 1 aromatic heterocycles. The van der Waals surface area contributed by atoms with E-state index in [1.54, 1.807) is 12.3 Å². The average Bonchev–Trinajstić information content (AvgIpc) is 2.98. The van der Waals surface area contributed by atoms with Crippen LogP contribution in [0.5, 0.6) is 0 Å². The van der Waals surface area contributed by atoms with Crippen LogP contribution in [0, 0.1) is 5.41 Å². The summed E-state index contributed by atoms with van der Waals surface area (Å²) in [5, 5.41) is 4.38. The second-order valence-electron chi connectivity index (χ2n) is 4.28. The molecule has 2 rings (SSSR count). The molecule has 1 aliphatic rings. The van der Waals surface area contributed by atoms with Gasteiger partial charge in [0, 0.05) is 18.6 Å². The maximum absolute atomic E-state index is 6.02. The van der Waals surface area contributed by atoms with Gasteiger partial charge >= 0.3 is 0 Å². The molecule has 1 heterocycles. The van der Waals surface area contributed by atoms with Gasteiger partial charge in [0.25, 0.3) is 0 Å². The molecular weight excluding hydrogens is 266 g/mol. The first-order valence-corrected chi connectivity index (χ1v) is 6.55. The smallest absolute Gasteiger partial charge is 0.144 e. The topological polar surface area (TPSA) is 24.9 Å². The van der Waals surface area contributed by atoms with E-state index in [0.717, 1.165) is 13.0 Å². The Kier molecular flexibility index (Phi) is 3.83. The number of rotatable bonds is 5. The molecule has 2 nitrogen and oxygen atoms in total. The molecule has 0 aliphatic heterocycles. The number of aromatic nitrogens is 1. The van der Waals surface area contributed by atoms with Crippen LogP contribution < -0.4 is 5.32 Å². The molecule has 1 aromatic rings. The first kappa shape index (κ1) is 12.3. The number of nitrogens with zero attached hydrogens (tertiary/aromatic N) is 1. The quantitative estimate of drug-likeness (QED) is 0.817. The van der Waals surface area contributed by atoms with Crippen LogP contribution in [0.2, 0.25) is 10.0 Å². The summed E-state index contributed by atoms with van der Waals surface area (Å²) in [7, 11) is 0. The molecule has 0 spiro atoms. The summed E-state index contributed by atoms with van der Waals surface area (Å²) in [6, 6.07) is 1.69. The van der Waals surface area contributed by atoms with E-state index < -0.39 is 0 Å². The first-order valence-electron chi connectivity index (χ1n) is 5.26. The molecule has 0 saturated heterocycles. The zero-order valence-corrected chi connectivity index (χ0v) is 11.0. The third kappa shape index (κ3) is 2.93. The second kappa shape index (κ2) is 4.99. The number of nitrogens with one attached hydrogen (secondary N) is 1. The number of halogens is 3. The van der Waals surface area contributed by atoms with Crippen LogP contribution in [-0.2, 0) is 0 Å². The molecule has 0 unspecified atom stereocenters. The van der Waals surface area contributed by atoms with Crippen molar-refractivity contribution < 1.29 is 0 Å². The number of hydrogen-bond donors (Lipinski definition) is 1. The van der Waals surface area contributed by atoms with Crippen molar-refractivity contribution in [1.29, 1.82) is 0 Å². The summed E-state index contributed by atoms with van der Waals surface area (Å²) >= 11 is 17.6. The zero-order chi connectivity index (χ0) is 11.6. The lowest BCUT2D eigenvalue weighted by molar-refractivity contribution is 0.524. The maximum atomic E-state index is 6.02. The van der Waals surface area contributed by atoms with E-state index in [-0.39, 0.29) is 0 Å². The van der Waals surface area contributed by atoms with Crippen molar-refractivity contribution in [2.45, 2.75) is 19.3 Å². The molecule has 0 amide bonds. The van der Waals surface area contributed by atoms with Gasteiger partial charge < -0.3 is 5.32 Å². The largest absolute Gasteiger partial charge is 0.368 e. The van der Waals surface area contributed by atoms with Gasteiger partial charge in [0.1, 0.15) is 5.82 Å². The van der Waals surface area contributed by atoms with Crippen LogP contribution in [0.25, 0.3) is 0 Å². The van der Waals surface area contributed by atoms with Gasteiger partial charge in [-0.05, 0) is 30.7 Å². The minimum Gasteiger partial charge on any atom is -0.368 e. The van der Waals surface area contributed by atoms with Crippen molar-refractivity contribution >= 4 is 40.6 Å². The van der Waals surface area contributed by atoms with Gasteiger partial charge in [-0.2, -0.15) is 0 Å². The molecule has 1 aliphatic carbocycles. The van der Waals surface area contributed by atoms with Gasteiger partial charge in [0.2, 0.25) is 0 Å². The van der Waals surface area contributed by atoms with E-state index in [9.17, 15) is 0 Å². The molecule has 0 bridgehead atoms. The molecular formula is C11H13Cl3N2. The normalized spacial score (nSPS) is 17.2. The molecule has 1 saturated carbocycles. The Bertz CT molecular complexity index is 377. The van der Waals surface area contributed by atoms with E-state index in [2.05, 4.69) is 10.3 Å². The lowest BCUT2D eigenvalue weighted by Crippen LogP contribution is -2.16. The van der Waals surface area contributed by atoms with Gasteiger partial charge in [-0.3, -0.25) is 0 Å². The zero-order valence-electron chi connectivity index (χ0n) is 8.77. The number of pyridine rings is 1. The highest BCUT2D eigenvalue weighted by molar-refractivity contribution is 6.35. The van der Waals surface area contributed by atoms with Crippen molar-refractivity contribution in [3.63, 3.8) is 0 Å². The Balaban J connectivity index is 1.94. The summed E-state index contributed by atoms with van der Waals surface area (Å²) in [6.45, 7) is 0.883. The Morgan fingerprint density at radius 3 is 2.69 bits per heavy atom. The van der Waals surface area contributed by atoms with Crippen molar-refractivity contribution in [3.05, 3.63) is 22.3 Å². The standard InChI is InChI=1S/C11H13Cl3N2/c12-4-3-11(1-2-11)7-16-10-9(14)5-8(13)6-15-10/h5-6H,1-4,7H2,(H,15,16). The van der Waals surface area contributed by atoms with Crippen LogP contribution in [-0.4, -0.2) is 17.4 Å². The van der Waals surface area contributed by atoms with Gasteiger partial charge in [0.05, 0.1) is 10.0 Å². The van der Waals surface area contributed by atoms with Crippen LogP contribution >= 0.6 is 34.8 Å². The highest BCUT2D eigenvalue weighted by atomic mass is 35.5. The molecule has 16 heavy (non-hydrogen) atoms. The third-order valence-electron chi connectivity index (χ3n) is 3.02. The van der Waals surface area contributed by atoms with Gasteiger partial charge in [-0.25, -0.2) is 4.98 Å². The van der Waals surface area contributed by atoms with Crippen molar-refractivity contribution in [3.8, 4) is 0 Å². The van der Waals surface area contributed by atoms with Crippen molar-refractivity contribution in [1.82, 2.24) is 4.98 Å². The molecule has 5 heteroatoms. The fourth-order valence-electron chi connectivity index (χ4n) is 1.71. The number of anilines is 1.